The molecule has 0 unspecified atom stereocenters. The van der Waals surface area contributed by atoms with Gasteiger partial charge in [0.1, 0.15) is 11.4 Å². The number of benzene rings is 1. The third kappa shape index (κ3) is 4.10. The summed E-state index contributed by atoms with van der Waals surface area (Å²) in [5.41, 5.74) is 2.57. The molecule has 22 heavy (non-hydrogen) atoms. The Bertz CT molecular complexity index is 639. The summed E-state index contributed by atoms with van der Waals surface area (Å²) >= 11 is 0. The molecule has 0 aliphatic rings. The number of hydrogen-bond donors (Lipinski definition) is 0. The van der Waals surface area contributed by atoms with E-state index in [1.54, 1.807) is 18.1 Å². The Labute approximate surface area is 130 Å². The van der Waals surface area contributed by atoms with Crippen molar-refractivity contribution in [2.75, 3.05) is 7.05 Å². The quantitative estimate of drug-likeness (QED) is 0.859. The van der Waals surface area contributed by atoms with E-state index in [1.807, 2.05) is 52.0 Å². The molecule has 0 aliphatic heterocycles. The zero-order valence-electron chi connectivity index (χ0n) is 13.7. The molecule has 0 saturated heterocycles. The van der Waals surface area contributed by atoms with Crippen molar-refractivity contribution in [2.24, 2.45) is 0 Å². The van der Waals surface area contributed by atoms with Gasteiger partial charge in [-0.25, -0.2) is 4.79 Å². The van der Waals surface area contributed by atoms with Gasteiger partial charge in [0, 0.05) is 19.2 Å². The Morgan fingerprint density at radius 2 is 1.91 bits per heavy atom. The molecular formula is C17H22N2O3. The molecule has 0 fully saturated rings. The van der Waals surface area contributed by atoms with Gasteiger partial charge in [-0.1, -0.05) is 29.4 Å². The largest absolute Gasteiger partial charge is 0.444 e. The molecular weight excluding hydrogens is 280 g/mol. The van der Waals surface area contributed by atoms with E-state index in [-0.39, 0.29) is 6.09 Å². The number of aryl methyl sites for hydroxylation is 1. The molecule has 1 amide bonds. The minimum absolute atomic E-state index is 0.327. The molecule has 0 bridgehead atoms. The molecule has 0 radical (unpaired) electrons. The van der Waals surface area contributed by atoms with Crippen LogP contribution >= 0.6 is 0 Å². The van der Waals surface area contributed by atoms with Crippen molar-refractivity contribution in [3.63, 3.8) is 0 Å². The van der Waals surface area contributed by atoms with Crippen molar-refractivity contribution < 1.29 is 14.1 Å². The fraction of sp³-hybridized carbons (Fsp3) is 0.412. The van der Waals surface area contributed by atoms with E-state index in [0.717, 1.165) is 22.5 Å². The maximum absolute atomic E-state index is 11.9. The van der Waals surface area contributed by atoms with E-state index in [2.05, 4.69) is 5.16 Å². The molecule has 0 spiro atoms. The Morgan fingerprint density at radius 3 is 2.41 bits per heavy atom. The van der Waals surface area contributed by atoms with Crippen LogP contribution in [0, 0.1) is 6.92 Å². The SMILES string of the molecule is Cc1oncc1-c1ccc(CN(C)C(=O)OC(C)(C)C)cc1. The van der Waals surface area contributed by atoms with Crippen molar-refractivity contribution in [3.05, 3.63) is 41.8 Å². The Morgan fingerprint density at radius 1 is 1.27 bits per heavy atom. The lowest BCUT2D eigenvalue weighted by Gasteiger charge is -2.24. The highest BCUT2D eigenvalue weighted by Crippen LogP contribution is 2.23. The first-order valence-electron chi connectivity index (χ1n) is 7.21. The van der Waals surface area contributed by atoms with E-state index in [0.29, 0.717) is 6.54 Å². The summed E-state index contributed by atoms with van der Waals surface area (Å²) in [7, 11) is 1.73. The fourth-order valence-electron chi connectivity index (χ4n) is 2.04. The second kappa shape index (κ2) is 6.22. The van der Waals surface area contributed by atoms with Crippen LogP contribution in [0.4, 0.5) is 4.79 Å². The van der Waals surface area contributed by atoms with E-state index in [9.17, 15) is 4.79 Å². The molecule has 0 saturated carbocycles. The number of carbonyl (C=O) groups excluding carboxylic acids is 1. The third-order valence-corrected chi connectivity index (χ3v) is 3.14. The van der Waals surface area contributed by atoms with Crippen LogP contribution in [0.2, 0.25) is 0 Å². The molecule has 1 heterocycles. The van der Waals surface area contributed by atoms with Gasteiger partial charge in [0.25, 0.3) is 0 Å². The smallest absolute Gasteiger partial charge is 0.410 e. The zero-order valence-corrected chi connectivity index (χ0v) is 13.7. The number of hydrogen-bond acceptors (Lipinski definition) is 4. The summed E-state index contributed by atoms with van der Waals surface area (Å²) in [5, 5.41) is 3.78. The first-order valence-corrected chi connectivity index (χ1v) is 7.21. The van der Waals surface area contributed by atoms with Gasteiger partial charge in [0.15, 0.2) is 0 Å². The van der Waals surface area contributed by atoms with E-state index < -0.39 is 5.60 Å². The number of aromatic nitrogens is 1. The van der Waals surface area contributed by atoms with E-state index in [4.69, 9.17) is 9.26 Å². The second-order valence-corrected chi connectivity index (χ2v) is 6.33. The van der Waals surface area contributed by atoms with Gasteiger partial charge in [0.2, 0.25) is 0 Å². The molecule has 1 aromatic carbocycles. The molecule has 0 N–H and O–H groups in total. The van der Waals surface area contributed by atoms with Gasteiger partial charge in [-0.3, -0.25) is 0 Å². The average Bonchev–Trinajstić information content (AvgIpc) is 2.84. The molecule has 2 aromatic rings. The Kier molecular flexibility index (Phi) is 4.54. The molecule has 5 heteroatoms. The first-order chi connectivity index (χ1) is 10.3. The maximum atomic E-state index is 11.9. The molecule has 0 aliphatic carbocycles. The van der Waals surface area contributed by atoms with Crippen LogP contribution in [0.15, 0.2) is 35.0 Å². The van der Waals surface area contributed by atoms with Crippen LogP contribution in [0.5, 0.6) is 0 Å². The van der Waals surface area contributed by atoms with Crippen LogP contribution in [0.3, 0.4) is 0 Å². The summed E-state index contributed by atoms with van der Waals surface area (Å²) < 4.78 is 10.4. The minimum Gasteiger partial charge on any atom is -0.444 e. The second-order valence-electron chi connectivity index (χ2n) is 6.33. The number of rotatable bonds is 3. The predicted octanol–water partition coefficient (Wildman–Crippen LogP) is 4.02. The van der Waals surface area contributed by atoms with Crippen molar-refractivity contribution in [1.82, 2.24) is 10.1 Å². The Hall–Kier alpha value is -2.30. The average molecular weight is 302 g/mol. The van der Waals surface area contributed by atoms with Crippen molar-refractivity contribution in [2.45, 2.75) is 39.8 Å². The Balaban J connectivity index is 2.02. The van der Waals surface area contributed by atoms with Crippen molar-refractivity contribution in [3.8, 4) is 11.1 Å². The number of carbonyl (C=O) groups is 1. The maximum Gasteiger partial charge on any atom is 0.410 e. The number of nitrogens with zero attached hydrogens (tertiary/aromatic N) is 2. The standard InChI is InChI=1S/C17H22N2O3/c1-12-15(10-18-22-12)14-8-6-13(7-9-14)11-19(5)16(20)21-17(2,3)4/h6-10H,11H2,1-5H3. The van der Waals surface area contributed by atoms with Gasteiger partial charge < -0.3 is 14.2 Å². The van der Waals surface area contributed by atoms with Gasteiger partial charge in [0.05, 0.1) is 6.20 Å². The highest BCUT2D eigenvalue weighted by Gasteiger charge is 2.19. The van der Waals surface area contributed by atoms with Gasteiger partial charge >= 0.3 is 6.09 Å². The summed E-state index contributed by atoms with van der Waals surface area (Å²) in [4.78, 5) is 13.5. The lowest BCUT2D eigenvalue weighted by molar-refractivity contribution is 0.0285. The van der Waals surface area contributed by atoms with Crippen LogP contribution < -0.4 is 0 Å². The van der Waals surface area contributed by atoms with Crippen LogP contribution in [-0.2, 0) is 11.3 Å². The minimum atomic E-state index is -0.485. The van der Waals surface area contributed by atoms with Crippen LogP contribution in [0.25, 0.3) is 11.1 Å². The third-order valence-electron chi connectivity index (χ3n) is 3.14. The fourth-order valence-corrected chi connectivity index (χ4v) is 2.04. The van der Waals surface area contributed by atoms with Crippen molar-refractivity contribution in [1.29, 1.82) is 0 Å². The summed E-state index contributed by atoms with van der Waals surface area (Å²) in [6.07, 6.45) is 1.38. The summed E-state index contributed by atoms with van der Waals surface area (Å²) in [6.45, 7) is 7.95. The first kappa shape index (κ1) is 16.1. The van der Waals surface area contributed by atoms with Gasteiger partial charge in [-0.2, -0.15) is 0 Å². The van der Waals surface area contributed by atoms with Crippen LogP contribution in [-0.4, -0.2) is 28.8 Å². The molecule has 0 atom stereocenters. The van der Waals surface area contributed by atoms with Crippen LogP contribution in [0.1, 0.15) is 32.1 Å². The predicted molar refractivity (Wildman–Crippen MR) is 84.4 cm³/mol. The van der Waals surface area contributed by atoms with Gasteiger partial charge in [-0.15, -0.1) is 0 Å². The molecule has 2 rings (SSSR count). The van der Waals surface area contributed by atoms with E-state index in [1.165, 1.54) is 0 Å². The lowest BCUT2D eigenvalue weighted by Crippen LogP contribution is -2.33. The number of ether oxygens (including phenoxy) is 1. The van der Waals surface area contributed by atoms with Gasteiger partial charge in [-0.05, 0) is 38.8 Å². The summed E-state index contributed by atoms with van der Waals surface area (Å²) in [5.74, 6) is 0.790. The molecule has 118 valence electrons. The highest BCUT2D eigenvalue weighted by molar-refractivity contribution is 5.68. The van der Waals surface area contributed by atoms with Crippen molar-refractivity contribution >= 4 is 6.09 Å². The molecule has 5 nitrogen and oxygen atoms in total. The van der Waals surface area contributed by atoms with E-state index >= 15 is 0 Å². The topological polar surface area (TPSA) is 55.6 Å². The lowest BCUT2D eigenvalue weighted by atomic mass is 10.1. The highest BCUT2D eigenvalue weighted by atomic mass is 16.6. The normalized spacial score (nSPS) is 11.3. The summed E-state index contributed by atoms with van der Waals surface area (Å²) in [6, 6.07) is 7.97. The zero-order chi connectivity index (χ0) is 16.3. The number of amides is 1. The monoisotopic (exact) mass is 302 g/mol. The molecule has 1 aromatic heterocycles.